The van der Waals surface area contributed by atoms with Crippen molar-refractivity contribution in [2.75, 3.05) is 14.2 Å². The predicted octanol–water partition coefficient (Wildman–Crippen LogP) is 1.19. The standard InChI is InChI=1S/C16H14O11S2/c1-25-11-7-3-5-9(13(11)28(19,20)21)15(17)27-16(18)10-6-4-8-12(26-2)14(10)29(22,23)24/h3-8H,1-2H3,(H,19,20,21)(H,22,23,24). The van der Waals surface area contributed by atoms with Gasteiger partial charge in [-0.15, -0.1) is 0 Å². The van der Waals surface area contributed by atoms with Crippen LogP contribution < -0.4 is 9.47 Å². The minimum Gasteiger partial charge on any atom is -0.495 e. The summed E-state index contributed by atoms with van der Waals surface area (Å²) in [5.74, 6) is -3.83. The molecule has 0 aliphatic rings. The van der Waals surface area contributed by atoms with Gasteiger partial charge in [0, 0.05) is 0 Å². The van der Waals surface area contributed by atoms with Gasteiger partial charge < -0.3 is 14.2 Å². The van der Waals surface area contributed by atoms with E-state index in [1.807, 2.05) is 0 Å². The van der Waals surface area contributed by atoms with E-state index in [2.05, 4.69) is 4.74 Å². The molecule has 0 heterocycles. The quantitative estimate of drug-likeness (QED) is 0.371. The van der Waals surface area contributed by atoms with E-state index in [0.717, 1.165) is 38.5 Å². The van der Waals surface area contributed by atoms with Crippen LogP contribution in [0, 0.1) is 0 Å². The first kappa shape index (κ1) is 22.3. The first-order valence-electron chi connectivity index (χ1n) is 7.47. The summed E-state index contributed by atoms with van der Waals surface area (Å²) in [5.41, 5.74) is -1.48. The molecular weight excluding hydrogens is 432 g/mol. The van der Waals surface area contributed by atoms with Gasteiger partial charge >= 0.3 is 11.9 Å². The summed E-state index contributed by atoms with van der Waals surface area (Å²) in [5, 5.41) is 0. The average Bonchev–Trinajstić information content (AvgIpc) is 2.64. The van der Waals surface area contributed by atoms with Crippen LogP contribution in [-0.4, -0.2) is 52.1 Å². The molecule has 0 spiro atoms. The summed E-state index contributed by atoms with van der Waals surface area (Å²) in [7, 11) is -7.75. The Hall–Kier alpha value is -3.00. The fourth-order valence-corrected chi connectivity index (χ4v) is 4.07. The predicted molar refractivity (Wildman–Crippen MR) is 95.4 cm³/mol. The van der Waals surface area contributed by atoms with Gasteiger partial charge in [-0.05, 0) is 24.3 Å². The molecule has 0 unspecified atom stereocenters. The maximum atomic E-state index is 12.4. The third kappa shape index (κ3) is 4.71. The zero-order valence-corrected chi connectivity index (χ0v) is 16.5. The van der Waals surface area contributed by atoms with E-state index in [9.17, 15) is 35.5 Å². The van der Waals surface area contributed by atoms with E-state index in [-0.39, 0.29) is 0 Å². The topological polar surface area (TPSA) is 171 Å². The Labute approximate surface area is 165 Å². The molecule has 2 aromatic carbocycles. The van der Waals surface area contributed by atoms with Crippen molar-refractivity contribution in [3.8, 4) is 11.5 Å². The molecule has 11 nitrogen and oxygen atoms in total. The van der Waals surface area contributed by atoms with Gasteiger partial charge in [0.25, 0.3) is 20.2 Å². The van der Waals surface area contributed by atoms with Crippen molar-refractivity contribution in [2.24, 2.45) is 0 Å². The maximum Gasteiger partial charge on any atom is 0.347 e. The molecule has 0 amide bonds. The van der Waals surface area contributed by atoms with Crippen molar-refractivity contribution < 1.29 is 49.7 Å². The molecule has 2 N–H and O–H groups in total. The summed E-state index contributed by atoms with van der Waals surface area (Å²) in [6.07, 6.45) is 0. The second-order valence-corrected chi connectivity index (χ2v) is 8.02. The zero-order chi connectivity index (χ0) is 22.0. The van der Waals surface area contributed by atoms with Gasteiger partial charge in [-0.25, -0.2) is 9.59 Å². The summed E-state index contributed by atoms with van der Waals surface area (Å²) < 4.78 is 79.3. The fraction of sp³-hybridized carbons (Fsp3) is 0.125. The van der Waals surface area contributed by atoms with Crippen LogP contribution in [0.4, 0.5) is 0 Å². The van der Waals surface area contributed by atoms with E-state index < -0.39 is 64.6 Å². The summed E-state index contributed by atoms with van der Waals surface area (Å²) in [6, 6.07) is 6.56. The van der Waals surface area contributed by atoms with Crippen LogP contribution >= 0.6 is 0 Å². The van der Waals surface area contributed by atoms with Gasteiger partial charge in [-0.2, -0.15) is 16.8 Å². The van der Waals surface area contributed by atoms with E-state index in [4.69, 9.17) is 9.47 Å². The summed E-state index contributed by atoms with van der Waals surface area (Å²) in [4.78, 5) is 22.8. The van der Waals surface area contributed by atoms with Crippen LogP contribution in [0.15, 0.2) is 46.2 Å². The SMILES string of the molecule is COc1cccc(C(=O)OC(=O)c2cccc(OC)c2S(=O)(=O)O)c1S(=O)(=O)O. The molecular formula is C16H14O11S2. The number of carbonyl (C=O) groups excluding carboxylic acids is 2. The molecule has 0 bridgehead atoms. The van der Waals surface area contributed by atoms with E-state index in [0.29, 0.717) is 0 Å². The van der Waals surface area contributed by atoms with E-state index in [1.165, 1.54) is 12.1 Å². The monoisotopic (exact) mass is 446 g/mol. The Morgan fingerprint density at radius 3 is 1.34 bits per heavy atom. The Kier molecular flexibility index (Phi) is 6.27. The summed E-state index contributed by atoms with van der Waals surface area (Å²) in [6.45, 7) is 0. The van der Waals surface area contributed by atoms with Gasteiger partial charge in [-0.1, -0.05) is 12.1 Å². The molecule has 0 radical (unpaired) electrons. The molecule has 2 aromatic rings. The van der Waals surface area contributed by atoms with Crippen molar-refractivity contribution in [3.05, 3.63) is 47.5 Å². The molecule has 0 saturated carbocycles. The number of esters is 2. The second-order valence-electron chi connectivity index (χ2n) is 5.30. The Bertz CT molecular complexity index is 1090. The fourth-order valence-electron chi connectivity index (χ4n) is 2.40. The van der Waals surface area contributed by atoms with Gasteiger partial charge in [0.15, 0.2) is 9.79 Å². The summed E-state index contributed by atoms with van der Waals surface area (Å²) >= 11 is 0. The normalized spacial score (nSPS) is 11.6. The first-order chi connectivity index (χ1) is 13.4. The van der Waals surface area contributed by atoms with E-state index >= 15 is 0 Å². The van der Waals surface area contributed by atoms with Crippen molar-refractivity contribution >= 4 is 32.2 Å². The van der Waals surface area contributed by atoms with Crippen LogP contribution in [-0.2, 0) is 25.0 Å². The highest BCUT2D eigenvalue weighted by molar-refractivity contribution is 7.86. The molecule has 0 aliphatic heterocycles. The molecule has 0 aromatic heterocycles. The minimum atomic E-state index is -4.96. The van der Waals surface area contributed by atoms with Crippen LogP contribution in [0.1, 0.15) is 20.7 Å². The van der Waals surface area contributed by atoms with Gasteiger partial charge in [0.1, 0.15) is 11.5 Å². The lowest BCUT2D eigenvalue weighted by Gasteiger charge is -2.12. The Morgan fingerprint density at radius 2 is 1.07 bits per heavy atom. The number of hydrogen-bond acceptors (Lipinski definition) is 9. The molecule has 0 saturated heterocycles. The maximum absolute atomic E-state index is 12.4. The third-order valence-electron chi connectivity index (χ3n) is 3.54. The highest BCUT2D eigenvalue weighted by Crippen LogP contribution is 2.30. The highest BCUT2D eigenvalue weighted by Gasteiger charge is 2.31. The Morgan fingerprint density at radius 1 is 0.724 bits per heavy atom. The molecule has 2 rings (SSSR count). The lowest BCUT2D eigenvalue weighted by atomic mass is 10.2. The third-order valence-corrected chi connectivity index (χ3v) is 5.41. The first-order valence-corrected chi connectivity index (χ1v) is 10.3. The van der Waals surface area contributed by atoms with Crippen molar-refractivity contribution in [1.82, 2.24) is 0 Å². The zero-order valence-electron chi connectivity index (χ0n) is 14.8. The molecule has 0 aliphatic carbocycles. The van der Waals surface area contributed by atoms with Crippen molar-refractivity contribution in [2.45, 2.75) is 9.79 Å². The lowest BCUT2D eigenvalue weighted by molar-refractivity contribution is 0.0390. The minimum absolute atomic E-state index is 0.394. The van der Waals surface area contributed by atoms with Crippen molar-refractivity contribution in [3.63, 3.8) is 0 Å². The smallest absolute Gasteiger partial charge is 0.347 e. The van der Waals surface area contributed by atoms with Crippen molar-refractivity contribution in [1.29, 1.82) is 0 Å². The number of ether oxygens (including phenoxy) is 3. The van der Waals surface area contributed by atoms with Gasteiger partial charge in [0.05, 0.1) is 25.3 Å². The number of hydrogen-bond donors (Lipinski definition) is 2. The molecule has 0 atom stereocenters. The number of carbonyl (C=O) groups is 2. The number of rotatable bonds is 6. The number of benzene rings is 2. The average molecular weight is 446 g/mol. The van der Waals surface area contributed by atoms with Gasteiger partial charge in [0.2, 0.25) is 0 Å². The van der Waals surface area contributed by atoms with Crippen LogP contribution in [0.3, 0.4) is 0 Å². The number of methoxy groups -OCH3 is 2. The van der Waals surface area contributed by atoms with Gasteiger partial charge in [-0.3, -0.25) is 9.11 Å². The lowest BCUT2D eigenvalue weighted by Crippen LogP contribution is -2.19. The Balaban J connectivity index is 2.54. The van der Waals surface area contributed by atoms with Crippen LogP contribution in [0.2, 0.25) is 0 Å². The van der Waals surface area contributed by atoms with Crippen LogP contribution in [0.25, 0.3) is 0 Å². The van der Waals surface area contributed by atoms with Crippen LogP contribution in [0.5, 0.6) is 11.5 Å². The second kappa shape index (κ2) is 8.16. The highest BCUT2D eigenvalue weighted by atomic mass is 32.2. The molecule has 29 heavy (non-hydrogen) atoms. The molecule has 13 heteroatoms. The van der Waals surface area contributed by atoms with E-state index in [1.54, 1.807) is 0 Å². The molecule has 0 fully saturated rings. The molecule has 156 valence electrons. The largest absolute Gasteiger partial charge is 0.495 e.